The van der Waals surface area contributed by atoms with E-state index in [1.165, 1.54) is 50.0 Å². The first-order valence-electron chi connectivity index (χ1n) is 4.74. The quantitative estimate of drug-likeness (QED) is 0.520. The molecule has 1 aliphatic rings. The van der Waals surface area contributed by atoms with E-state index in [2.05, 4.69) is 0 Å². The lowest BCUT2D eigenvalue weighted by Gasteiger charge is -1.99. The van der Waals surface area contributed by atoms with Gasteiger partial charge in [0, 0.05) is 11.5 Å². The minimum atomic E-state index is 1.34. The van der Waals surface area contributed by atoms with Crippen molar-refractivity contribution in [1.29, 1.82) is 0 Å². The highest BCUT2D eigenvalue weighted by Crippen LogP contribution is 2.48. The summed E-state index contributed by atoms with van der Waals surface area (Å²) in [6, 6.07) is 0. The molecular weight excluding hydrogens is 256 g/mol. The van der Waals surface area contributed by atoms with E-state index in [4.69, 9.17) is 0 Å². The van der Waals surface area contributed by atoms with Gasteiger partial charge in [-0.1, -0.05) is 47.3 Å². The molecular formula is C8H16S5. The second-order valence-electron chi connectivity index (χ2n) is 2.97. The molecule has 1 fully saturated rings. The zero-order chi connectivity index (χ0) is 9.19. The van der Waals surface area contributed by atoms with Crippen LogP contribution in [-0.4, -0.2) is 11.5 Å². The summed E-state index contributed by atoms with van der Waals surface area (Å²) in [5, 5.41) is 0. The van der Waals surface area contributed by atoms with Crippen molar-refractivity contribution in [2.75, 3.05) is 11.5 Å². The van der Waals surface area contributed by atoms with Gasteiger partial charge in [-0.15, -0.1) is 0 Å². The second kappa shape index (κ2) is 10.3. The van der Waals surface area contributed by atoms with Crippen molar-refractivity contribution in [3.05, 3.63) is 0 Å². The maximum Gasteiger partial charge on any atom is 0.00454 e. The van der Waals surface area contributed by atoms with Crippen molar-refractivity contribution in [2.45, 2.75) is 38.5 Å². The molecule has 0 aromatic carbocycles. The highest BCUT2D eigenvalue weighted by Gasteiger charge is 1.97. The first-order valence-corrected chi connectivity index (χ1v) is 11.2. The van der Waals surface area contributed by atoms with Crippen molar-refractivity contribution < 1.29 is 0 Å². The summed E-state index contributed by atoms with van der Waals surface area (Å²) in [6.07, 6.45) is 8.62. The van der Waals surface area contributed by atoms with Gasteiger partial charge in [0.05, 0.1) is 0 Å². The molecule has 0 radical (unpaired) electrons. The van der Waals surface area contributed by atoms with Gasteiger partial charge >= 0.3 is 0 Å². The number of rotatable bonds is 0. The fraction of sp³-hybridized carbons (Fsp3) is 1.00. The van der Waals surface area contributed by atoms with E-state index in [9.17, 15) is 0 Å². The smallest absolute Gasteiger partial charge is 0.00454 e. The third kappa shape index (κ3) is 8.73. The van der Waals surface area contributed by atoms with Crippen LogP contribution in [-0.2, 0) is 0 Å². The fourth-order valence-corrected chi connectivity index (χ4v) is 10.2. The van der Waals surface area contributed by atoms with Crippen LogP contribution in [0.25, 0.3) is 0 Å². The summed E-state index contributed by atoms with van der Waals surface area (Å²) in [4.78, 5) is 0. The summed E-state index contributed by atoms with van der Waals surface area (Å²) < 4.78 is 0. The van der Waals surface area contributed by atoms with Gasteiger partial charge in [0.2, 0.25) is 0 Å². The Morgan fingerprint density at radius 3 is 1.46 bits per heavy atom. The topological polar surface area (TPSA) is 0 Å². The predicted molar refractivity (Wildman–Crippen MR) is 75.4 cm³/mol. The Morgan fingerprint density at radius 2 is 0.923 bits per heavy atom. The Bertz CT molecular complexity index is 60.6. The molecule has 0 unspecified atom stereocenters. The van der Waals surface area contributed by atoms with Gasteiger partial charge in [-0.25, -0.2) is 0 Å². The van der Waals surface area contributed by atoms with E-state index < -0.39 is 0 Å². The Kier molecular flexibility index (Phi) is 10.1. The largest absolute Gasteiger partial charge is 0.0817 e. The number of hydrogen-bond acceptors (Lipinski definition) is 5. The Labute approximate surface area is 101 Å². The first-order chi connectivity index (χ1) is 6.50. The molecule has 0 nitrogen and oxygen atoms in total. The third-order valence-electron chi connectivity index (χ3n) is 1.86. The normalized spacial score (nSPS) is 24.0. The van der Waals surface area contributed by atoms with Gasteiger partial charge in [0.1, 0.15) is 0 Å². The van der Waals surface area contributed by atoms with Crippen LogP contribution in [0.15, 0.2) is 0 Å². The van der Waals surface area contributed by atoms with Crippen LogP contribution < -0.4 is 0 Å². The van der Waals surface area contributed by atoms with Crippen LogP contribution in [0.5, 0.6) is 0 Å². The lowest BCUT2D eigenvalue weighted by molar-refractivity contribution is 0.630. The zero-order valence-electron chi connectivity index (χ0n) is 7.70. The van der Waals surface area contributed by atoms with Crippen molar-refractivity contribution in [1.82, 2.24) is 0 Å². The van der Waals surface area contributed by atoms with Crippen molar-refractivity contribution in [2.24, 2.45) is 0 Å². The number of hydrogen-bond donors (Lipinski definition) is 0. The maximum absolute atomic E-state index is 2.02. The van der Waals surface area contributed by atoms with Gasteiger partial charge in [-0.2, -0.15) is 0 Å². The lowest BCUT2D eigenvalue weighted by Crippen LogP contribution is -1.82. The summed E-state index contributed by atoms with van der Waals surface area (Å²) in [7, 11) is 9.87. The SMILES string of the molecule is C1CCCCSSSSSCCC1. The highest BCUT2D eigenvalue weighted by molar-refractivity contribution is 9.35. The summed E-state index contributed by atoms with van der Waals surface area (Å²) in [5.41, 5.74) is 0. The molecule has 0 aromatic heterocycles. The van der Waals surface area contributed by atoms with Crippen LogP contribution in [0.3, 0.4) is 0 Å². The summed E-state index contributed by atoms with van der Waals surface area (Å²) in [5.74, 6) is 2.67. The van der Waals surface area contributed by atoms with E-state index in [0.29, 0.717) is 0 Å². The third-order valence-corrected chi connectivity index (χ3v) is 10.7. The molecule has 1 aliphatic heterocycles. The monoisotopic (exact) mass is 272 g/mol. The molecule has 0 amide bonds. The minimum Gasteiger partial charge on any atom is -0.0817 e. The maximum atomic E-state index is 2.02. The minimum absolute atomic E-state index is 1.34. The molecule has 0 spiro atoms. The van der Waals surface area contributed by atoms with Gasteiger partial charge < -0.3 is 0 Å². The van der Waals surface area contributed by atoms with Crippen LogP contribution in [0, 0.1) is 0 Å². The van der Waals surface area contributed by atoms with Gasteiger partial charge in [0.25, 0.3) is 0 Å². The molecule has 0 aromatic rings. The highest BCUT2D eigenvalue weighted by atomic mass is 33.8. The molecule has 78 valence electrons. The van der Waals surface area contributed by atoms with E-state index in [1.54, 1.807) is 0 Å². The molecule has 0 aliphatic carbocycles. The summed E-state index contributed by atoms with van der Waals surface area (Å²) in [6.45, 7) is 0. The van der Waals surface area contributed by atoms with Crippen LogP contribution >= 0.6 is 51.1 Å². The molecule has 0 bridgehead atoms. The van der Waals surface area contributed by atoms with E-state index in [-0.39, 0.29) is 0 Å². The molecule has 1 heterocycles. The van der Waals surface area contributed by atoms with Gasteiger partial charge in [-0.3, -0.25) is 0 Å². The van der Waals surface area contributed by atoms with Gasteiger partial charge in [-0.05, 0) is 42.3 Å². The molecule has 1 saturated heterocycles. The van der Waals surface area contributed by atoms with E-state index >= 15 is 0 Å². The van der Waals surface area contributed by atoms with Crippen LogP contribution in [0.4, 0.5) is 0 Å². The average Bonchev–Trinajstić information content (AvgIpc) is 2.18. The molecule has 13 heavy (non-hydrogen) atoms. The fourth-order valence-electron chi connectivity index (χ4n) is 1.15. The molecule has 0 N–H and O–H groups in total. The van der Waals surface area contributed by atoms with Crippen molar-refractivity contribution in [3.8, 4) is 0 Å². The molecule has 0 atom stereocenters. The average molecular weight is 273 g/mol. The first kappa shape index (κ1) is 12.8. The van der Waals surface area contributed by atoms with E-state index in [0.717, 1.165) is 0 Å². The van der Waals surface area contributed by atoms with Crippen molar-refractivity contribution >= 4 is 51.1 Å². The molecule has 0 saturated carbocycles. The standard InChI is InChI=1S/C8H16S5/c1-2-4-6-8-10-12-13-11-9-7-5-3-1/h1-8H2. The van der Waals surface area contributed by atoms with Crippen LogP contribution in [0.1, 0.15) is 38.5 Å². The lowest BCUT2D eigenvalue weighted by atomic mass is 10.1. The van der Waals surface area contributed by atoms with Crippen molar-refractivity contribution in [3.63, 3.8) is 0 Å². The van der Waals surface area contributed by atoms with Crippen LogP contribution in [0.2, 0.25) is 0 Å². The second-order valence-corrected chi connectivity index (χ2v) is 11.0. The zero-order valence-corrected chi connectivity index (χ0v) is 11.8. The predicted octanol–water partition coefficient (Wildman–Crippen LogP) is 5.67. The molecule has 1 rings (SSSR count). The Morgan fingerprint density at radius 1 is 0.462 bits per heavy atom. The Balaban J connectivity index is 2.01. The van der Waals surface area contributed by atoms with Gasteiger partial charge in [0.15, 0.2) is 0 Å². The molecule has 5 heteroatoms. The summed E-state index contributed by atoms with van der Waals surface area (Å²) >= 11 is 0. The Hall–Kier alpha value is 1.75. The van der Waals surface area contributed by atoms with E-state index in [1.807, 2.05) is 51.1 Å².